The quantitative estimate of drug-likeness (QED) is 0.507. The van der Waals surface area contributed by atoms with Crippen LogP contribution in [0, 0.1) is 13.8 Å². The Kier molecular flexibility index (Phi) is 4.94. The Morgan fingerprint density at radius 1 is 0.806 bits per heavy atom. The van der Waals surface area contributed by atoms with E-state index in [4.69, 9.17) is 14.8 Å². The van der Waals surface area contributed by atoms with Crippen molar-refractivity contribution >= 4 is 17.3 Å². The molecule has 2 aromatic heterocycles. The maximum absolute atomic E-state index is 5.27. The molecule has 7 heteroatoms. The zero-order chi connectivity index (χ0) is 21.4. The molecule has 7 nitrogen and oxygen atoms in total. The van der Waals surface area contributed by atoms with Gasteiger partial charge in [0.15, 0.2) is 5.82 Å². The van der Waals surface area contributed by atoms with Gasteiger partial charge in [-0.1, -0.05) is 29.8 Å². The minimum Gasteiger partial charge on any atom is -0.497 e. The van der Waals surface area contributed by atoms with E-state index >= 15 is 0 Å². The summed E-state index contributed by atoms with van der Waals surface area (Å²) in [6.07, 6.45) is 0. The van der Waals surface area contributed by atoms with E-state index in [0.717, 1.165) is 49.0 Å². The first kappa shape index (κ1) is 19.4. The van der Waals surface area contributed by atoms with Crippen LogP contribution < -0.4 is 14.5 Å². The molecule has 1 aliphatic rings. The number of aryl methyl sites for hydroxylation is 2. The monoisotopic (exact) mass is 414 g/mol. The molecular weight excluding hydrogens is 388 g/mol. The van der Waals surface area contributed by atoms with Crippen molar-refractivity contribution in [3.05, 3.63) is 65.9 Å². The lowest BCUT2D eigenvalue weighted by Crippen LogP contribution is -2.47. The molecule has 0 radical (unpaired) electrons. The summed E-state index contributed by atoms with van der Waals surface area (Å²) < 4.78 is 7.16. The normalized spacial score (nSPS) is 14.3. The van der Waals surface area contributed by atoms with E-state index in [1.807, 2.05) is 23.6 Å². The van der Waals surface area contributed by atoms with Crippen molar-refractivity contribution in [1.29, 1.82) is 0 Å². The van der Waals surface area contributed by atoms with Gasteiger partial charge in [-0.05, 0) is 38.1 Å². The van der Waals surface area contributed by atoms with Gasteiger partial charge in [-0.15, -0.1) is 5.10 Å². The molecule has 0 amide bonds. The van der Waals surface area contributed by atoms with Crippen LogP contribution in [0.25, 0.3) is 17.2 Å². The number of methoxy groups -OCH3 is 1. The molecular formula is C24H26N6O. The molecule has 0 bridgehead atoms. The summed E-state index contributed by atoms with van der Waals surface area (Å²) in [6, 6.07) is 18.7. The highest BCUT2D eigenvalue weighted by atomic mass is 16.5. The number of piperazine rings is 1. The van der Waals surface area contributed by atoms with Gasteiger partial charge in [0.2, 0.25) is 0 Å². The molecule has 31 heavy (non-hydrogen) atoms. The highest BCUT2D eigenvalue weighted by molar-refractivity contribution is 5.60. The van der Waals surface area contributed by atoms with E-state index < -0.39 is 0 Å². The number of hydrogen-bond donors (Lipinski definition) is 0. The van der Waals surface area contributed by atoms with E-state index in [0.29, 0.717) is 11.6 Å². The fourth-order valence-electron chi connectivity index (χ4n) is 4.00. The zero-order valence-corrected chi connectivity index (χ0v) is 18.1. The predicted octanol–water partition coefficient (Wildman–Crippen LogP) is 3.74. The Morgan fingerprint density at radius 2 is 1.48 bits per heavy atom. The Labute approximate surface area is 181 Å². The number of rotatable bonds is 4. The van der Waals surface area contributed by atoms with Gasteiger partial charge in [-0.25, -0.2) is 4.98 Å². The minimum atomic E-state index is 0.642. The Hall–Kier alpha value is -3.61. The van der Waals surface area contributed by atoms with Crippen LogP contribution in [0.15, 0.2) is 54.6 Å². The van der Waals surface area contributed by atoms with Crippen LogP contribution in [-0.2, 0) is 0 Å². The Balaban J connectivity index is 1.40. The van der Waals surface area contributed by atoms with E-state index in [1.54, 1.807) is 7.11 Å². The van der Waals surface area contributed by atoms with Gasteiger partial charge in [0, 0.05) is 49.2 Å². The third kappa shape index (κ3) is 3.79. The summed E-state index contributed by atoms with van der Waals surface area (Å²) >= 11 is 0. The van der Waals surface area contributed by atoms with E-state index in [9.17, 15) is 0 Å². The van der Waals surface area contributed by atoms with Gasteiger partial charge in [0.1, 0.15) is 11.6 Å². The van der Waals surface area contributed by atoms with Crippen molar-refractivity contribution in [2.45, 2.75) is 13.8 Å². The lowest BCUT2D eigenvalue weighted by molar-refractivity contribution is 0.415. The largest absolute Gasteiger partial charge is 0.497 e. The molecule has 5 rings (SSSR count). The maximum atomic E-state index is 5.27. The molecule has 1 aliphatic heterocycles. The van der Waals surface area contributed by atoms with Gasteiger partial charge in [0.25, 0.3) is 5.78 Å². The van der Waals surface area contributed by atoms with Crippen molar-refractivity contribution in [3.63, 3.8) is 0 Å². The van der Waals surface area contributed by atoms with Crippen molar-refractivity contribution in [2.24, 2.45) is 0 Å². The predicted molar refractivity (Wildman–Crippen MR) is 123 cm³/mol. The van der Waals surface area contributed by atoms with E-state index in [1.165, 1.54) is 11.3 Å². The summed E-state index contributed by atoms with van der Waals surface area (Å²) in [5.74, 6) is 3.27. The summed E-state index contributed by atoms with van der Waals surface area (Å²) in [5.41, 5.74) is 4.39. The highest BCUT2D eigenvalue weighted by Crippen LogP contribution is 2.25. The van der Waals surface area contributed by atoms with Crippen molar-refractivity contribution in [1.82, 2.24) is 19.6 Å². The average Bonchev–Trinajstić information content (AvgIpc) is 3.23. The molecule has 0 atom stereocenters. The lowest BCUT2D eigenvalue weighted by atomic mass is 10.1. The van der Waals surface area contributed by atoms with Crippen LogP contribution in [0.5, 0.6) is 5.75 Å². The number of nitrogens with zero attached hydrogens (tertiary/aromatic N) is 6. The van der Waals surface area contributed by atoms with Gasteiger partial charge in [0.05, 0.1) is 7.11 Å². The Morgan fingerprint density at radius 3 is 2.16 bits per heavy atom. The van der Waals surface area contributed by atoms with Crippen LogP contribution in [0.2, 0.25) is 0 Å². The molecule has 1 fully saturated rings. The first-order valence-corrected chi connectivity index (χ1v) is 10.6. The second kappa shape index (κ2) is 7.91. The number of aromatic nitrogens is 4. The number of benzene rings is 2. The van der Waals surface area contributed by atoms with Crippen LogP contribution in [0.1, 0.15) is 11.3 Å². The first-order chi connectivity index (χ1) is 15.1. The van der Waals surface area contributed by atoms with Gasteiger partial charge >= 0.3 is 0 Å². The van der Waals surface area contributed by atoms with E-state index in [-0.39, 0.29) is 0 Å². The third-order valence-electron chi connectivity index (χ3n) is 5.77. The van der Waals surface area contributed by atoms with E-state index in [2.05, 4.69) is 64.2 Å². The molecule has 4 aromatic rings. The minimum absolute atomic E-state index is 0.642. The summed E-state index contributed by atoms with van der Waals surface area (Å²) in [4.78, 5) is 14.1. The van der Waals surface area contributed by atoms with Crippen LogP contribution >= 0.6 is 0 Å². The number of hydrogen-bond acceptors (Lipinski definition) is 6. The fourth-order valence-corrected chi connectivity index (χ4v) is 4.00. The molecule has 158 valence electrons. The summed E-state index contributed by atoms with van der Waals surface area (Å²) in [6.45, 7) is 7.78. The summed E-state index contributed by atoms with van der Waals surface area (Å²) in [5, 5.41) is 4.80. The lowest BCUT2D eigenvalue weighted by Gasteiger charge is -2.37. The van der Waals surface area contributed by atoms with Crippen LogP contribution in [0.4, 0.5) is 11.5 Å². The smallest absolute Gasteiger partial charge is 0.254 e. The SMILES string of the molecule is COc1ccc(N2CCN(c3cc(C)nc4nc(-c5ccc(C)cc5)nn34)CC2)cc1. The number of anilines is 2. The average molecular weight is 415 g/mol. The first-order valence-electron chi connectivity index (χ1n) is 10.6. The van der Waals surface area contributed by atoms with Crippen molar-refractivity contribution in [3.8, 4) is 17.1 Å². The van der Waals surface area contributed by atoms with Crippen molar-refractivity contribution < 1.29 is 4.74 Å². The molecule has 0 unspecified atom stereocenters. The third-order valence-corrected chi connectivity index (χ3v) is 5.77. The molecule has 0 N–H and O–H groups in total. The molecule has 2 aromatic carbocycles. The van der Waals surface area contributed by atoms with Crippen molar-refractivity contribution in [2.75, 3.05) is 43.1 Å². The standard InChI is InChI=1S/C24H26N6O/c1-17-4-6-19(7-5-17)23-26-24-25-18(2)16-22(30(24)27-23)29-14-12-28(13-15-29)20-8-10-21(31-3)11-9-20/h4-11,16H,12-15H2,1-3H3. The second-order valence-corrected chi connectivity index (χ2v) is 7.94. The topological polar surface area (TPSA) is 58.8 Å². The maximum Gasteiger partial charge on any atom is 0.254 e. The second-order valence-electron chi connectivity index (χ2n) is 7.94. The molecule has 3 heterocycles. The molecule has 0 aliphatic carbocycles. The van der Waals surface area contributed by atoms with Gasteiger partial charge in [-0.3, -0.25) is 0 Å². The molecule has 0 saturated carbocycles. The van der Waals surface area contributed by atoms with Gasteiger partial charge < -0.3 is 14.5 Å². The number of ether oxygens (including phenoxy) is 1. The Bertz CT molecular complexity index is 1190. The summed E-state index contributed by atoms with van der Waals surface area (Å²) in [7, 11) is 1.69. The highest BCUT2D eigenvalue weighted by Gasteiger charge is 2.21. The van der Waals surface area contributed by atoms with Crippen LogP contribution in [-0.4, -0.2) is 52.9 Å². The molecule has 1 saturated heterocycles. The van der Waals surface area contributed by atoms with Gasteiger partial charge in [-0.2, -0.15) is 9.50 Å². The van der Waals surface area contributed by atoms with Crippen LogP contribution in [0.3, 0.4) is 0 Å². The number of fused-ring (bicyclic) bond motifs is 1. The zero-order valence-electron chi connectivity index (χ0n) is 18.1. The fraction of sp³-hybridized carbons (Fsp3) is 0.292. The molecule has 0 spiro atoms.